The van der Waals surface area contributed by atoms with Crippen LogP contribution in [0.1, 0.15) is 0 Å². The van der Waals surface area contributed by atoms with Crippen LogP contribution in [0, 0.1) is 0 Å². The molecule has 0 radical (unpaired) electrons. The average molecular weight is 535 g/mol. The monoisotopic (exact) mass is 534 g/mol. The minimum Gasteiger partial charge on any atom is -0.753 e. The van der Waals surface area contributed by atoms with Crippen molar-refractivity contribution in [2.75, 3.05) is 0 Å². The van der Waals surface area contributed by atoms with E-state index in [9.17, 15) is 0 Å². The van der Waals surface area contributed by atoms with E-state index >= 15 is 0 Å². The second-order valence-corrected chi connectivity index (χ2v) is 6.98. The summed E-state index contributed by atoms with van der Waals surface area (Å²) in [6.45, 7) is 0. The summed E-state index contributed by atoms with van der Waals surface area (Å²) < 4.78 is 0. The minimum absolute atomic E-state index is 0. The first kappa shape index (κ1) is 27.4. The molecule has 0 bridgehead atoms. The molecule has 4 heterocycles. The van der Waals surface area contributed by atoms with Crippen molar-refractivity contribution in [2.45, 2.75) is 0 Å². The molecule has 0 saturated carbocycles. The molecule has 0 atom stereocenters. The third-order valence-electron chi connectivity index (χ3n) is 4.69. The van der Waals surface area contributed by atoms with E-state index in [4.69, 9.17) is 10.8 Å². The Balaban J connectivity index is 0.000000198. The average Bonchev–Trinajstić information content (AvgIpc) is 2.90. The summed E-state index contributed by atoms with van der Waals surface area (Å²) in [6, 6.07) is 24.3. The number of fused-ring (bicyclic) bond motifs is 6. The van der Waals surface area contributed by atoms with Crippen LogP contribution in [0.25, 0.3) is 54.4 Å². The Kier molecular flexibility index (Phi) is 11.3. The van der Waals surface area contributed by atoms with Crippen LogP contribution >= 0.6 is 24.4 Å². The Bertz CT molecular complexity index is 1400. The second kappa shape index (κ2) is 14.4. The number of rotatable bonds is 0. The van der Waals surface area contributed by atoms with Gasteiger partial charge in [0.25, 0.3) is 0 Å². The van der Waals surface area contributed by atoms with Gasteiger partial charge in [0.05, 0.1) is 22.1 Å². The zero-order valence-electron chi connectivity index (χ0n) is 18.1. The first-order chi connectivity index (χ1) is 16.7. The van der Waals surface area contributed by atoms with E-state index in [1.54, 1.807) is 24.8 Å². The summed E-state index contributed by atoms with van der Waals surface area (Å²) in [5.74, 6) is 0. The molecule has 2 aromatic carbocycles. The van der Waals surface area contributed by atoms with Crippen molar-refractivity contribution < 1.29 is 16.5 Å². The topological polar surface area (TPSA) is 96.2 Å². The fourth-order valence-electron chi connectivity index (χ4n) is 3.36. The zero-order valence-corrected chi connectivity index (χ0v) is 20.7. The standard InChI is InChI=1S/2C12H8N2.2CNS.Ni/c2*1-3-9-5-6-10-4-2-8-14-12(10)11(9)13-7-1;2*2-1-3;/h2*1-8H;;;/q;;2*-1;+2. The molecule has 35 heavy (non-hydrogen) atoms. The molecular formula is C26H16N6NiS2. The van der Waals surface area contributed by atoms with E-state index in [-0.39, 0.29) is 16.5 Å². The first-order valence-corrected chi connectivity index (χ1v) is 10.7. The van der Waals surface area contributed by atoms with E-state index in [1.165, 1.54) is 10.3 Å². The van der Waals surface area contributed by atoms with Gasteiger partial charge in [-0.05, 0) is 24.3 Å². The van der Waals surface area contributed by atoms with Crippen molar-refractivity contribution in [1.29, 1.82) is 0 Å². The van der Waals surface area contributed by atoms with Crippen molar-refractivity contribution in [3.05, 3.63) is 108 Å². The van der Waals surface area contributed by atoms with Gasteiger partial charge in [-0.25, -0.2) is 0 Å². The van der Waals surface area contributed by atoms with E-state index in [1.807, 2.05) is 24.3 Å². The first-order valence-electron chi connectivity index (χ1n) is 9.93. The van der Waals surface area contributed by atoms with Gasteiger partial charge in [-0.1, -0.05) is 73.0 Å². The Labute approximate surface area is 222 Å². The molecule has 0 aliphatic carbocycles. The van der Waals surface area contributed by atoms with E-state index < -0.39 is 0 Å². The molecule has 0 aliphatic heterocycles. The maximum atomic E-state index is 7.13. The number of thiocarbonyl (C=S) groups is 2. The molecular weight excluding hydrogens is 519 g/mol. The molecule has 9 heteroatoms. The maximum absolute atomic E-state index is 7.13. The molecule has 0 saturated heterocycles. The Hall–Kier alpha value is -3.83. The van der Waals surface area contributed by atoms with Gasteiger partial charge < -0.3 is 10.8 Å². The number of pyridine rings is 4. The normalized spacial score (nSPS) is 9.14. The summed E-state index contributed by atoms with van der Waals surface area (Å²) in [5.41, 5.74) is 3.91. The van der Waals surface area contributed by atoms with Crippen molar-refractivity contribution >= 4 is 78.4 Å². The number of hydrogen-bond acceptors (Lipinski definition) is 6. The summed E-state index contributed by atoms with van der Waals surface area (Å²) in [4.78, 5) is 17.4. The molecule has 0 fully saturated rings. The molecule has 6 nitrogen and oxygen atoms in total. The smallest absolute Gasteiger partial charge is 0.753 e. The van der Waals surface area contributed by atoms with E-state index in [2.05, 4.69) is 92.9 Å². The zero-order chi connectivity index (χ0) is 24.2. The van der Waals surface area contributed by atoms with Crippen molar-refractivity contribution in [1.82, 2.24) is 19.9 Å². The summed E-state index contributed by atoms with van der Waals surface area (Å²) in [5, 5.41) is 21.5. The van der Waals surface area contributed by atoms with Crippen LogP contribution in [-0.4, -0.2) is 30.3 Å². The Morgan fingerprint density at radius 1 is 0.457 bits per heavy atom. The van der Waals surface area contributed by atoms with Crippen LogP contribution in [0.15, 0.2) is 97.6 Å². The largest absolute Gasteiger partial charge is 2.00 e. The molecule has 6 aromatic rings. The molecule has 172 valence electrons. The van der Waals surface area contributed by atoms with Crippen molar-refractivity contribution in [2.24, 2.45) is 0 Å². The van der Waals surface area contributed by atoms with Gasteiger partial charge in [0.1, 0.15) is 0 Å². The number of isothiocyanates is 2. The van der Waals surface area contributed by atoms with Gasteiger partial charge >= 0.3 is 16.5 Å². The molecule has 0 N–H and O–H groups in total. The maximum Gasteiger partial charge on any atom is 2.00 e. The van der Waals surface area contributed by atoms with Crippen molar-refractivity contribution in [3.8, 4) is 0 Å². The van der Waals surface area contributed by atoms with Crippen LogP contribution in [0.3, 0.4) is 0 Å². The summed E-state index contributed by atoms with van der Waals surface area (Å²) >= 11 is 7.40. The predicted octanol–water partition coefficient (Wildman–Crippen LogP) is 6.88. The molecule has 0 aliphatic rings. The molecule has 0 amide bonds. The molecule has 0 spiro atoms. The van der Waals surface area contributed by atoms with Gasteiger partial charge in [-0.3, -0.25) is 19.9 Å². The van der Waals surface area contributed by atoms with Crippen LogP contribution < -0.4 is 0 Å². The Morgan fingerprint density at radius 2 is 0.657 bits per heavy atom. The van der Waals surface area contributed by atoms with Crippen molar-refractivity contribution in [3.63, 3.8) is 0 Å². The molecule has 4 aromatic heterocycles. The Morgan fingerprint density at radius 3 is 0.857 bits per heavy atom. The van der Waals surface area contributed by atoms with Crippen LogP contribution in [-0.2, 0) is 16.5 Å². The summed E-state index contributed by atoms with van der Waals surface area (Å²) in [7, 11) is 0. The van der Waals surface area contributed by atoms with Gasteiger partial charge in [-0.15, -0.1) is 0 Å². The molecule has 6 rings (SSSR count). The molecule has 0 unspecified atom stereocenters. The van der Waals surface area contributed by atoms with Gasteiger partial charge in [0.2, 0.25) is 0 Å². The summed E-state index contributed by atoms with van der Waals surface area (Å²) in [6.07, 6.45) is 7.21. The van der Waals surface area contributed by atoms with Gasteiger partial charge in [0.15, 0.2) is 0 Å². The van der Waals surface area contributed by atoms with Crippen LogP contribution in [0.4, 0.5) is 0 Å². The van der Waals surface area contributed by atoms with Crippen LogP contribution in [0.2, 0.25) is 0 Å². The van der Waals surface area contributed by atoms with E-state index in [0.29, 0.717) is 0 Å². The van der Waals surface area contributed by atoms with Crippen LogP contribution in [0.5, 0.6) is 0 Å². The predicted molar refractivity (Wildman–Crippen MR) is 146 cm³/mol. The number of benzene rings is 2. The number of nitrogens with zero attached hydrogens (tertiary/aromatic N) is 6. The second-order valence-electron chi connectivity index (χ2n) is 6.61. The quantitative estimate of drug-likeness (QED) is 0.0911. The third-order valence-corrected chi connectivity index (χ3v) is 4.69. The third kappa shape index (κ3) is 7.08. The van der Waals surface area contributed by atoms with Gasteiger partial charge in [0, 0.05) is 46.3 Å². The number of hydrogen-bond donors (Lipinski definition) is 0. The number of aromatic nitrogens is 4. The minimum atomic E-state index is 0. The fourth-order valence-corrected chi connectivity index (χ4v) is 3.36. The van der Waals surface area contributed by atoms with Gasteiger partial charge in [-0.2, -0.15) is 10.3 Å². The van der Waals surface area contributed by atoms with E-state index in [0.717, 1.165) is 43.6 Å². The fraction of sp³-hybridized carbons (Fsp3) is 0. The SMILES string of the molecule is [N-]=C=S.[N-]=C=S.[Ni+2].c1cnc2c(c1)ccc1cccnc12.c1cnc2c(c1)ccc1cccnc12.